The molecule has 122 valence electrons. The number of carbonyl (C=O) groups is 2. The average Bonchev–Trinajstić information content (AvgIpc) is 2.55. The van der Waals surface area contributed by atoms with Gasteiger partial charge < -0.3 is 16.0 Å². The van der Waals surface area contributed by atoms with Crippen LogP contribution < -0.4 is 11.1 Å². The van der Waals surface area contributed by atoms with Crippen molar-refractivity contribution in [1.82, 2.24) is 10.2 Å². The Hall–Kier alpha value is -1.59. The highest BCUT2D eigenvalue weighted by molar-refractivity contribution is 5.94. The molecule has 1 heterocycles. The van der Waals surface area contributed by atoms with Crippen LogP contribution in [0.15, 0.2) is 30.3 Å². The Morgan fingerprint density at radius 3 is 2.41 bits per heavy atom. The first-order chi connectivity index (χ1) is 10.1. The van der Waals surface area contributed by atoms with Crippen LogP contribution in [0.4, 0.5) is 0 Å². The van der Waals surface area contributed by atoms with Crippen molar-refractivity contribution in [2.24, 2.45) is 11.7 Å². The topological polar surface area (TPSA) is 75.4 Å². The van der Waals surface area contributed by atoms with Crippen molar-refractivity contribution < 1.29 is 9.59 Å². The summed E-state index contributed by atoms with van der Waals surface area (Å²) in [6.45, 7) is 3.60. The molecule has 1 aromatic carbocycles. The quantitative estimate of drug-likeness (QED) is 0.879. The Bertz CT molecular complexity index is 487. The lowest BCUT2D eigenvalue weighted by Gasteiger charge is -2.33. The second-order valence-electron chi connectivity index (χ2n) is 5.58. The SMILES string of the molecule is CC(CN)C(=O)N1CCC(NC(=O)c2ccccc2)CC1.Cl. The Morgan fingerprint density at radius 2 is 1.86 bits per heavy atom. The number of amides is 2. The van der Waals surface area contributed by atoms with E-state index in [1.165, 1.54) is 0 Å². The highest BCUT2D eigenvalue weighted by Crippen LogP contribution is 2.14. The Labute approximate surface area is 137 Å². The lowest BCUT2D eigenvalue weighted by Crippen LogP contribution is -2.48. The number of piperidine rings is 1. The van der Waals surface area contributed by atoms with Crippen LogP contribution in [-0.4, -0.2) is 42.4 Å². The number of benzene rings is 1. The number of nitrogens with two attached hydrogens (primary N) is 1. The summed E-state index contributed by atoms with van der Waals surface area (Å²) in [7, 11) is 0. The van der Waals surface area contributed by atoms with Crippen molar-refractivity contribution in [2.45, 2.75) is 25.8 Å². The highest BCUT2D eigenvalue weighted by atomic mass is 35.5. The van der Waals surface area contributed by atoms with Gasteiger partial charge in [-0.15, -0.1) is 12.4 Å². The molecule has 1 aliphatic rings. The smallest absolute Gasteiger partial charge is 0.251 e. The number of halogens is 1. The summed E-state index contributed by atoms with van der Waals surface area (Å²) in [5.41, 5.74) is 6.21. The minimum Gasteiger partial charge on any atom is -0.349 e. The van der Waals surface area contributed by atoms with Crippen LogP contribution >= 0.6 is 12.4 Å². The molecule has 0 aromatic heterocycles. The van der Waals surface area contributed by atoms with E-state index in [-0.39, 0.29) is 36.2 Å². The molecule has 22 heavy (non-hydrogen) atoms. The van der Waals surface area contributed by atoms with Crippen LogP contribution in [0.3, 0.4) is 0 Å². The summed E-state index contributed by atoms with van der Waals surface area (Å²) < 4.78 is 0. The maximum absolute atomic E-state index is 12.1. The molecule has 3 N–H and O–H groups in total. The number of rotatable bonds is 4. The molecule has 1 saturated heterocycles. The molecule has 2 rings (SSSR count). The molecule has 1 aromatic rings. The fourth-order valence-corrected chi connectivity index (χ4v) is 2.51. The second kappa shape index (κ2) is 8.76. The predicted octanol–water partition coefficient (Wildman–Crippen LogP) is 1.42. The van der Waals surface area contributed by atoms with Crippen molar-refractivity contribution in [1.29, 1.82) is 0 Å². The van der Waals surface area contributed by atoms with E-state index in [9.17, 15) is 9.59 Å². The van der Waals surface area contributed by atoms with Crippen LogP contribution in [0.25, 0.3) is 0 Å². The predicted molar refractivity (Wildman–Crippen MR) is 89.0 cm³/mol. The molecule has 1 fully saturated rings. The maximum atomic E-state index is 12.1. The van der Waals surface area contributed by atoms with Gasteiger partial charge in [-0.3, -0.25) is 9.59 Å². The third-order valence-electron chi connectivity index (χ3n) is 3.95. The number of nitrogens with one attached hydrogen (secondary N) is 1. The Balaban J connectivity index is 0.00000242. The molecule has 6 heteroatoms. The van der Waals surface area contributed by atoms with Crippen LogP contribution in [-0.2, 0) is 4.79 Å². The van der Waals surface area contributed by atoms with Gasteiger partial charge >= 0.3 is 0 Å². The first-order valence-corrected chi connectivity index (χ1v) is 7.46. The number of nitrogens with zero attached hydrogens (tertiary/aromatic N) is 1. The van der Waals surface area contributed by atoms with Gasteiger partial charge in [0.1, 0.15) is 0 Å². The van der Waals surface area contributed by atoms with Crippen molar-refractivity contribution >= 4 is 24.2 Å². The Kier molecular flexibility index (Phi) is 7.35. The molecule has 0 radical (unpaired) electrons. The summed E-state index contributed by atoms with van der Waals surface area (Å²) in [6.07, 6.45) is 1.59. The summed E-state index contributed by atoms with van der Waals surface area (Å²) in [4.78, 5) is 26.0. The fourth-order valence-electron chi connectivity index (χ4n) is 2.51. The van der Waals surface area contributed by atoms with Gasteiger partial charge in [-0.2, -0.15) is 0 Å². The largest absolute Gasteiger partial charge is 0.349 e. The third kappa shape index (κ3) is 4.71. The van der Waals surface area contributed by atoms with Gasteiger partial charge in [0.2, 0.25) is 5.91 Å². The molecular weight excluding hydrogens is 302 g/mol. The normalized spacial score (nSPS) is 16.5. The van der Waals surface area contributed by atoms with Gasteiger partial charge in [0.05, 0.1) is 0 Å². The van der Waals surface area contributed by atoms with Gasteiger partial charge in [-0.25, -0.2) is 0 Å². The minimum atomic E-state index is -0.125. The molecular formula is C16H24ClN3O2. The van der Waals surface area contributed by atoms with Crippen molar-refractivity contribution in [2.75, 3.05) is 19.6 Å². The van der Waals surface area contributed by atoms with Crippen LogP contribution in [0, 0.1) is 5.92 Å². The molecule has 0 saturated carbocycles. The molecule has 1 aliphatic heterocycles. The lowest BCUT2D eigenvalue weighted by atomic mass is 10.0. The van der Waals surface area contributed by atoms with Crippen LogP contribution in [0.1, 0.15) is 30.1 Å². The fraction of sp³-hybridized carbons (Fsp3) is 0.500. The molecule has 2 amide bonds. The second-order valence-corrected chi connectivity index (χ2v) is 5.58. The van der Waals surface area contributed by atoms with E-state index in [2.05, 4.69) is 5.32 Å². The number of hydrogen-bond acceptors (Lipinski definition) is 3. The zero-order valence-electron chi connectivity index (χ0n) is 12.8. The van der Waals surface area contributed by atoms with E-state index < -0.39 is 0 Å². The van der Waals surface area contributed by atoms with Crippen molar-refractivity contribution in [3.8, 4) is 0 Å². The van der Waals surface area contributed by atoms with E-state index in [0.29, 0.717) is 25.2 Å². The Morgan fingerprint density at radius 1 is 1.27 bits per heavy atom. The zero-order chi connectivity index (χ0) is 15.2. The van der Waals surface area contributed by atoms with Gasteiger partial charge in [0.25, 0.3) is 5.91 Å². The lowest BCUT2D eigenvalue weighted by molar-refractivity contribution is -0.135. The van der Waals surface area contributed by atoms with Crippen LogP contribution in [0.5, 0.6) is 0 Å². The molecule has 1 unspecified atom stereocenters. The van der Waals surface area contributed by atoms with Crippen molar-refractivity contribution in [3.63, 3.8) is 0 Å². The van der Waals surface area contributed by atoms with Gasteiger partial charge in [-0.1, -0.05) is 25.1 Å². The van der Waals surface area contributed by atoms with Gasteiger partial charge in [0, 0.05) is 37.2 Å². The van der Waals surface area contributed by atoms with E-state index in [4.69, 9.17) is 5.73 Å². The average molecular weight is 326 g/mol. The first-order valence-electron chi connectivity index (χ1n) is 7.46. The van der Waals surface area contributed by atoms with Gasteiger partial charge in [-0.05, 0) is 25.0 Å². The summed E-state index contributed by atoms with van der Waals surface area (Å²) in [5.74, 6) is -0.0542. The molecule has 0 bridgehead atoms. The van der Waals surface area contributed by atoms with Crippen LogP contribution in [0.2, 0.25) is 0 Å². The van der Waals surface area contributed by atoms with E-state index in [1.54, 1.807) is 12.1 Å². The summed E-state index contributed by atoms with van der Waals surface area (Å²) >= 11 is 0. The first kappa shape index (κ1) is 18.5. The highest BCUT2D eigenvalue weighted by Gasteiger charge is 2.26. The minimum absolute atomic E-state index is 0. The molecule has 5 nitrogen and oxygen atoms in total. The number of likely N-dealkylation sites (tertiary alicyclic amines) is 1. The number of carbonyl (C=O) groups excluding carboxylic acids is 2. The molecule has 0 spiro atoms. The van der Waals surface area contributed by atoms with E-state index in [1.807, 2.05) is 30.0 Å². The molecule has 0 aliphatic carbocycles. The third-order valence-corrected chi connectivity index (χ3v) is 3.95. The monoisotopic (exact) mass is 325 g/mol. The summed E-state index contributed by atoms with van der Waals surface area (Å²) in [6, 6.07) is 9.33. The van der Waals surface area contributed by atoms with Crippen molar-refractivity contribution in [3.05, 3.63) is 35.9 Å². The molecule has 1 atom stereocenters. The summed E-state index contributed by atoms with van der Waals surface area (Å²) in [5, 5.41) is 3.04. The standard InChI is InChI=1S/C16H23N3O2.ClH/c1-12(11-17)16(21)19-9-7-14(8-10-19)18-15(20)13-5-3-2-4-6-13;/h2-6,12,14H,7-11,17H2,1H3,(H,18,20);1H. The van der Waals surface area contributed by atoms with E-state index in [0.717, 1.165) is 12.8 Å². The number of hydrogen-bond donors (Lipinski definition) is 2. The maximum Gasteiger partial charge on any atom is 0.251 e. The van der Waals surface area contributed by atoms with E-state index >= 15 is 0 Å². The van der Waals surface area contributed by atoms with Gasteiger partial charge in [0.15, 0.2) is 0 Å². The zero-order valence-corrected chi connectivity index (χ0v) is 13.6.